The number of nitrogens with zero attached hydrogens (tertiary/aromatic N) is 3. The third-order valence-electron chi connectivity index (χ3n) is 4.29. The van der Waals surface area contributed by atoms with Crippen LogP contribution in [0.3, 0.4) is 0 Å². The van der Waals surface area contributed by atoms with Gasteiger partial charge in [0.05, 0.1) is 30.0 Å². The molecule has 13 heteroatoms. The number of aldehydes is 1. The quantitative estimate of drug-likeness (QED) is 0.531. The highest BCUT2D eigenvalue weighted by molar-refractivity contribution is 5.71. The van der Waals surface area contributed by atoms with Crippen molar-refractivity contribution in [3.8, 4) is 0 Å². The zero-order valence-electron chi connectivity index (χ0n) is 17.8. The lowest BCUT2D eigenvalue weighted by Crippen LogP contribution is -2.20. The van der Waals surface area contributed by atoms with Gasteiger partial charge in [0.2, 0.25) is 6.41 Å². The number of fused-ring (bicyclic) bond motifs is 1. The molecule has 0 aliphatic carbocycles. The van der Waals surface area contributed by atoms with Gasteiger partial charge in [-0.3, -0.25) is 14.3 Å². The van der Waals surface area contributed by atoms with Crippen molar-refractivity contribution in [1.29, 1.82) is 0 Å². The predicted molar refractivity (Wildman–Crippen MR) is 104 cm³/mol. The third kappa shape index (κ3) is 8.50. The Kier molecular flexibility index (Phi) is 10.5. The minimum atomic E-state index is -4.82. The highest BCUT2D eigenvalue weighted by Crippen LogP contribution is 2.36. The fourth-order valence-electron chi connectivity index (χ4n) is 2.93. The lowest BCUT2D eigenvalue weighted by Gasteiger charge is -2.13. The Labute approximate surface area is 185 Å². The van der Waals surface area contributed by atoms with Crippen LogP contribution >= 0.6 is 0 Å². The maximum atomic E-state index is 12.4. The van der Waals surface area contributed by atoms with E-state index in [4.69, 9.17) is 5.11 Å². The number of aryl methyl sites for hydroxylation is 1. The normalized spacial score (nSPS) is 13.5. The zero-order chi connectivity index (χ0) is 25.2. The van der Waals surface area contributed by atoms with Crippen molar-refractivity contribution in [2.75, 3.05) is 20.8 Å². The van der Waals surface area contributed by atoms with Crippen molar-refractivity contribution in [2.24, 2.45) is 0 Å². The Morgan fingerprint density at radius 3 is 2.03 bits per heavy atom. The molecular formula is C20H23F6N3O4. The SMILES string of the molecule is CO.COCc1cc(C(F)(F)F)cc(C(F)(F)F)c1.O=Cc1cc2n(n1)CCCN(C=O)C2. The Morgan fingerprint density at radius 1 is 1.00 bits per heavy atom. The molecule has 184 valence electrons. The number of aliphatic hydroxyl groups is 1. The van der Waals surface area contributed by atoms with E-state index in [1.54, 1.807) is 15.6 Å². The first-order valence-corrected chi connectivity index (χ1v) is 9.41. The lowest BCUT2D eigenvalue weighted by atomic mass is 10.1. The molecule has 33 heavy (non-hydrogen) atoms. The van der Waals surface area contributed by atoms with Crippen molar-refractivity contribution in [3.05, 3.63) is 52.3 Å². The molecule has 1 aliphatic heterocycles. The topological polar surface area (TPSA) is 84.7 Å². The van der Waals surface area contributed by atoms with E-state index in [9.17, 15) is 35.9 Å². The second kappa shape index (κ2) is 12.3. The standard InChI is InChI=1S/C10H8F6O.C9H11N3O2.CH4O/c1-17-5-6-2-7(9(11,12)13)4-8(3-6)10(14,15)16;13-6-8-4-9-5-11(7-14)2-1-3-12(9)10-8;1-2/h2-4H,5H2,1H3;4,6-7H,1-3,5H2;2H,1H3. The van der Waals surface area contributed by atoms with Gasteiger partial charge in [-0.2, -0.15) is 31.4 Å². The maximum absolute atomic E-state index is 12.4. The number of methoxy groups -OCH3 is 1. The molecule has 0 unspecified atom stereocenters. The summed E-state index contributed by atoms with van der Waals surface area (Å²) in [4.78, 5) is 22.8. The number of aliphatic hydroxyl groups excluding tert-OH is 1. The van der Waals surface area contributed by atoms with E-state index in [1.165, 1.54) is 7.11 Å². The molecule has 1 aliphatic rings. The largest absolute Gasteiger partial charge is 0.416 e. The smallest absolute Gasteiger partial charge is 0.400 e. The molecule has 0 saturated heterocycles. The van der Waals surface area contributed by atoms with Gasteiger partial charge in [0.25, 0.3) is 0 Å². The molecule has 7 nitrogen and oxygen atoms in total. The number of aromatic nitrogens is 2. The number of halogens is 6. The van der Waals surface area contributed by atoms with E-state index < -0.39 is 23.5 Å². The van der Waals surface area contributed by atoms with E-state index in [2.05, 4.69) is 9.84 Å². The van der Waals surface area contributed by atoms with Crippen molar-refractivity contribution >= 4 is 12.7 Å². The summed E-state index contributed by atoms with van der Waals surface area (Å²) in [5, 5.41) is 11.1. The van der Waals surface area contributed by atoms with Gasteiger partial charge in [0, 0.05) is 27.3 Å². The van der Waals surface area contributed by atoms with Crippen molar-refractivity contribution < 1.29 is 45.8 Å². The van der Waals surface area contributed by atoms with Crippen LogP contribution in [0.4, 0.5) is 26.3 Å². The molecule has 1 N–H and O–H groups in total. The minimum Gasteiger partial charge on any atom is -0.400 e. The highest BCUT2D eigenvalue weighted by atomic mass is 19.4. The van der Waals surface area contributed by atoms with Crippen LogP contribution in [-0.2, 0) is 41.6 Å². The minimum absolute atomic E-state index is 0.0825. The van der Waals surface area contributed by atoms with Crippen molar-refractivity contribution in [2.45, 2.75) is 38.5 Å². The predicted octanol–water partition coefficient (Wildman–Crippen LogP) is 3.54. The molecule has 2 aromatic rings. The van der Waals surface area contributed by atoms with E-state index in [0.717, 1.165) is 45.0 Å². The molecule has 1 aromatic carbocycles. The number of hydrogen-bond acceptors (Lipinski definition) is 5. The van der Waals surface area contributed by atoms with Crippen LogP contribution in [0.2, 0.25) is 0 Å². The number of carbonyl (C=O) groups is 2. The fourth-order valence-corrected chi connectivity index (χ4v) is 2.93. The zero-order valence-corrected chi connectivity index (χ0v) is 17.8. The van der Waals surface area contributed by atoms with Gasteiger partial charge >= 0.3 is 12.4 Å². The van der Waals surface area contributed by atoms with Crippen LogP contribution in [0, 0.1) is 0 Å². The molecule has 0 saturated carbocycles. The van der Waals surface area contributed by atoms with Crippen molar-refractivity contribution in [1.82, 2.24) is 14.7 Å². The summed E-state index contributed by atoms with van der Waals surface area (Å²) >= 11 is 0. The first-order chi connectivity index (χ1) is 15.5. The Balaban J connectivity index is 0.000000311. The number of carbonyl (C=O) groups excluding carboxylic acids is 2. The van der Waals surface area contributed by atoms with Gasteiger partial charge in [-0.05, 0) is 36.2 Å². The van der Waals surface area contributed by atoms with E-state index in [0.29, 0.717) is 24.4 Å². The molecule has 1 amide bonds. The fraction of sp³-hybridized carbons (Fsp3) is 0.450. The van der Waals surface area contributed by atoms with Crippen LogP contribution < -0.4 is 0 Å². The monoisotopic (exact) mass is 483 g/mol. The number of ether oxygens (including phenoxy) is 1. The molecular weight excluding hydrogens is 460 g/mol. The molecule has 0 radical (unpaired) electrons. The second-order valence-corrected chi connectivity index (χ2v) is 6.68. The lowest BCUT2D eigenvalue weighted by molar-refractivity contribution is -0.143. The molecule has 0 spiro atoms. The summed E-state index contributed by atoms with van der Waals surface area (Å²) in [5.41, 5.74) is -1.47. The Bertz CT molecular complexity index is 880. The van der Waals surface area contributed by atoms with Crippen LogP contribution in [0.5, 0.6) is 0 Å². The third-order valence-corrected chi connectivity index (χ3v) is 4.29. The average molecular weight is 483 g/mol. The van der Waals surface area contributed by atoms with Crippen LogP contribution in [0.25, 0.3) is 0 Å². The summed E-state index contributed by atoms with van der Waals surface area (Å²) in [6.07, 6.45) is -7.19. The summed E-state index contributed by atoms with van der Waals surface area (Å²) in [6, 6.07) is 3.09. The van der Waals surface area contributed by atoms with Crippen LogP contribution in [0.15, 0.2) is 24.3 Å². The van der Waals surface area contributed by atoms with Crippen LogP contribution in [0.1, 0.15) is 39.3 Å². The summed E-state index contributed by atoms with van der Waals surface area (Å²) in [5.74, 6) is 0. The average Bonchev–Trinajstić information content (AvgIpc) is 3.05. The molecule has 0 fully saturated rings. The summed E-state index contributed by atoms with van der Waals surface area (Å²) < 4.78 is 80.5. The Morgan fingerprint density at radius 2 is 1.58 bits per heavy atom. The maximum Gasteiger partial charge on any atom is 0.416 e. The van der Waals surface area contributed by atoms with Gasteiger partial charge in [-0.15, -0.1) is 0 Å². The number of benzene rings is 1. The molecule has 0 atom stereocenters. The molecule has 0 bridgehead atoms. The van der Waals surface area contributed by atoms with Crippen molar-refractivity contribution in [3.63, 3.8) is 0 Å². The second-order valence-electron chi connectivity index (χ2n) is 6.68. The molecule has 3 rings (SSSR count). The van der Waals surface area contributed by atoms with Gasteiger partial charge < -0.3 is 14.7 Å². The van der Waals surface area contributed by atoms with Gasteiger partial charge in [0.15, 0.2) is 6.29 Å². The molecule has 2 heterocycles. The Hall–Kier alpha value is -2.93. The first kappa shape index (κ1) is 28.1. The number of amides is 1. The first-order valence-electron chi connectivity index (χ1n) is 9.41. The number of rotatable bonds is 4. The van der Waals surface area contributed by atoms with Gasteiger partial charge in [-0.25, -0.2) is 0 Å². The van der Waals surface area contributed by atoms with E-state index in [1.807, 2.05) is 0 Å². The molecule has 1 aromatic heterocycles. The number of alkyl halides is 6. The number of hydrogen-bond donors (Lipinski definition) is 1. The summed E-state index contributed by atoms with van der Waals surface area (Å²) in [6.45, 7) is 1.76. The van der Waals surface area contributed by atoms with Gasteiger partial charge in [0.1, 0.15) is 5.69 Å². The highest BCUT2D eigenvalue weighted by Gasteiger charge is 2.36. The summed E-state index contributed by atoms with van der Waals surface area (Å²) in [7, 11) is 2.19. The van der Waals surface area contributed by atoms with E-state index >= 15 is 0 Å². The van der Waals surface area contributed by atoms with E-state index in [-0.39, 0.29) is 18.2 Å². The van der Waals surface area contributed by atoms with Gasteiger partial charge in [-0.1, -0.05) is 0 Å². The van der Waals surface area contributed by atoms with Crippen LogP contribution in [-0.4, -0.2) is 53.2 Å².